The Kier molecular flexibility index (Phi) is 11.2. The summed E-state index contributed by atoms with van der Waals surface area (Å²) in [5.41, 5.74) is 9.28. The van der Waals surface area contributed by atoms with Gasteiger partial charge in [-0.15, -0.1) is 0 Å². The van der Waals surface area contributed by atoms with E-state index in [9.17, 15) is 9.18 Å². The van der Waals surface area contributed by atoms with Gasteiger partial charge in [0, 0.05) is 17.7 Å². The highest BCUT2D eigenvalue weighted by Gasteiger charge is 2.17. The highest BCUT2D eigenvalue weighted by Crippen LogP contribution is 2.32. The molecule has 0 spiro atoms. The van der Waals surface area contributed by atoms with Crippen molar-refractivity contribution < 1.29 is 32.9 Å². The maximum absolute atomic E-state index is 13.7. The molecule has 0 saturated carbocycles. The summed E-state index contributed by atoms with van der Waals surface area (Å²) in [6.45, 7) is 1.21. The lowest BCUT2D eigenvalue weighted by Crippen LogP contribution is -2.32. The van der Waals surface area contributed by atoms with E-state index in [0.717, 1.165) is 11.3 Å². The molecule has 3 aromatic carbocycles. The average molecular weight is 610 g/mol. The van der Waals surface area contributed by atoms with Gasteiger partial charge < -0.3 is 34.7 Å². The first kappa shape index (κ1) is 31.6. The Balaban J connectivity index is 1.31. The van der Waals surface area contributed by atoms with Crippen LogP contribution in [0.5, 0.6) is 23.0 Å². The first-order chi connectivity index (χ1) is 20.8. The highest BCUT2D eigenvalue weighted by molar-refractivity contribution is 6.31. The summed E-state index contributed by atoms with van der Waals surface area (Å²) in [5.74, 6) is 1.27. The molecule has 0 aliphatic rings. The van der Waals surface area contributed by atoms with E-state index in [1.807, 2.05) is 24.3 Å². The van der Waals surface area contributed by atoms with Crippen LogP contribution in [0.15, 0.2) is 72.8 Å². The molecule has 0 fully saturated rings. The number of carbonyl (C=O) groups excluding carboxylic acids is 1. The fraction of sp³-hybridized carbons (Fsp3) is 0.250. The van der Waals surface area contributed by atoms with E-state index in [4.69, 9.17) is 41.0 Å². The number of halogens is 2. The van der Waals surface area contributed by atoms with Crippen molar-refractivity contribution >= 4 is 17.5 Å². The van der Waals surface area contributed by atoms with Gasteiger partial charge in [0.25, 0.3) is 5.91 Å². The minimum Gasteiger partial charge on any atom is -0.497 e. The molecule has 11 heteroatoms. The fourth-order valence-electron chi connectivity index (χ4n) is 4.14. The normalized spacial score (nSPS) is 11.5. The number of nitrogens with zero attached hydrogens (tertiary/aromatic N) is 1. The molecule has 0 radical (unpaired) electrons. The number of hydrogen-bond donors (Lipinski definition) is 2. The molecule has 3 N–H and O–H groups in total. The number of ether oxygens (including phenoxy) is 5. The number of aromatic nitrogens is 1. The third-order valence-corrected chi connectivity index (χ3v) is 6.78. The largest absolute Gasteiger partial charge is 0.497 e. The SMILES string of the molecule is COc1ccc(COCCOc2ccc(C(=O)NCC(N)c3ccc(OC)c(-c4ccc(F)c(Cl)c4)n3)cc2OC)cc1. The van der Waals surface area contributed by atoms with Crippen molar-refractivity contribution in [3.63, 3.8) is 0 Å². The Morgan fingerprint density at radius 1 is 0.907 bits per heavy atom. The molecule has 1 amide bonds. The van der Waals surface area contributed by atoms with E-state index in [0.29, 0.717) is 59.6 Å². The molecule has 0 bridgehead atoms. The third kappa shape index (κ3) is 8.35. The summed E-state index contributed by atoms with van der Waals surface area (Å²) in [5, 5.41) is 2.79. The van der Waals surface area contributed by atoms with Crippen LogP contribution in [0.25, 0.3) is 11.3 Å². The Labute approximate surface area is 254 Å². The van der Waals surface area contributed by atoms with Crippen molar-refractivity contribution in [1.29, 1.82) is 0 Å². The summed E-state index contributed by atoms with van der Waals surface area (Å²) in [4.78, 5) is 17.5. The minimum absolute atomic E-state index is 0.0341. The molecule has 1 heterocycles. The van der Waals surface area contributed by atoms with E-state index in [-0.39, 0.29) is 17.5 Å². The summed E-state index contributed by atoms with van der Waals surface area (Å²) in [6, 6.07) is 19.6. The molecule has 43 heavy (non-hydrogen) atoms. The summed E-state index contributed by atoms with van der Waals surface area (Å²) >= 11 is 5.96. The predicted molar refractivity (Wildman–Crippen MR) is 162 cm³/mol. The van der Waals surface area contributed by atoms with Crippen LogP contribution in [0.1, 0.15) is 27.7 Å². The smallest absolute Gasteiger partial charge is 0.251 e. The number of methoxy groups -OCH3 is 3. The van der Waals surface area contributed by atoms with Crippen LogP contribution < -0.4 is 30.0 Å². The second-order valence-corrected chi connectivity index (χ2v) is 9.75. The second-order valence-electron chi connectivity index (χ2n) is 9.35. The lowest BCUT2D eigenvalue weighted by molar-refractivity contribution is 0.0878. The molecule has 1 unspecified atom stereocenters. The van der Waals surface area contributed by atoms with Crippen molar-refractivity contribution in [3.8, 4) is 34.3 Å². The lowest BCUT2D eigenvalue weighted by atomic mass is 10.1. The van der Waals surface area contributed by atoms with Crippen LogP contribution in [-0.2, 0) is 11.3 Å². The van der Waals surface area contributed by atoms with Gasteiger partial charge in [-0.2, -0.15) is 0 Å². The summed E-state index contributed by atoms with van der Waals surface area (Å²) in [7, 11) is 4.63. The fourth-order valence-corrected chi connectivity index (χ4v) is 4.32. The van der Waals surface area contributed by atoms with Gasteiger partial charge >= 0.3 is 0 Å². The number of pyridine rings is 1. The Morgan fingerprint density at radius 2 is 1.65 bits per heavy atom. The monoisotopic (exact) mass is 609 g/mol. The lowest BCUT2D eigenvalue weighted by Gasteiger charge is -2.16. The number of nitrogens with one attached hydrogen (secondary N) is 1. The van der Waals surface area contributed by atoms with Crippen molar-refractivity contribution in [3.05, 3.63) is 100 Å². The third-order valence-electron chi connectivity index (χ3n) is 6.49. The zero-order valence-electron chi connectivity index (χ0n) is 24.1. The van der Waals surface area contributed by atoms with Crippen LogP contribution >= 0.6 is 11.6 Å². The van der Waals surface area contributed by atoms with E-state index in [1.54, 1.807) is 43.5 Å². The van der Waals surface area contributed by atoms with Crippen molar-refractivity contribution in [1.82, 2.24) is 10.3 Å². The van der Waals surface area contributed by atoms with Crippen LogP contribution in [-0.4, -0.2) is 52.0 Å². The Bertz CT molecular complexity index is 1540. The topological polar surface area (TPSA) is 114 Å². The van der Waals surface area contributed by atoms with Crippen molar-refractivity contribution in [2.75, 3.05) is 41.1 Å². The zero-order chi connectivity index (χ0) is 30.8. The Hall–Kier alpha value is -4.38. The quantitative estimate of drug-likeness (QED) is 0.178. The first-order valence-electron chi connectivity index (χ1n) is 13.4. The molecule has 226 valence electrons. The number of nitrogens with two attached hydrogens (primary N) is 1. The average Bonchev–Trinajstić information content (AvgIpc) is 3.04. The molecule has 4 aromatic rings. The molecule has 9 nitrogen and oxygen atoms in total. The van der Waals surface area contributed by atoms with Crippen LogP contribution in [0, 0.1) is 5.82 Å². The predicted octanol–water partition coefficient (Wildman–Crippen LogP) is 5.59. The second kappa shape index (κ2) is 15.2. The maximum atomic E-state index is 13.7. The van der Waals surface area contributed by atoms with E-state index in [2.05, 4.69) is 10.3 Å². The van der Waals surface area contributed by atoms with Crippen LogP contribution in [0.4, 0.5) is 4.39 Å². The van der Waals surface area contributed by atoms with Crippen LogP contribution in [0.2, 0.25) is 5.02 Å². The molecule has 0 saturated heterocycles. The number of carbonyl (C=O) groups is 1. The van der Waals surface area contributed by atoms with E-state index >= 15 is 0 Å². The zero-order valence-corrected chi connectivity index (χ0v) is 24.8. The van der Waals surface area contributed by atoms with Gasteiger partial charge in [-0.05, 0) is 66.2 Å². The molecular formula is C32H33ClFN3O6. The van der Waals surface area contributed by atoms with Gasteiger partial charge in [-0.25, -0.2) is 9.37 Å². The number of benzene rings is 3. The molecular weight excluding hydrogens is 577 g/mol. The van der Waals surface area contributed by atoms with Gasteiger partial charge in [0.2, 0.25) is 0 Å². The van der Waals surface area contributed by atoms with Gasteiger partial charge in [-0.3, -0.25) is 4.79 Å². The molecule has 4 rings (SSSR count). The highest BCUT2D eigenvalue weighted by atomic mass is 35.5. The summed E-state index contributed by atoms with van der Waals surface area (Å²) < 4.78 is 41.2. The van der Waals surface area contributed by atoms with Crippen molar-refractivity contribution in [2.45, 2.75) is 12.6 Å². The Morgan fingerprint density at radius 3 is 2.35 bits per heavy atom. The van der Waals surface area contributed by atoms with Gasteiger partial charge in [0.05, 0.1) is 51.3 Å². The standard InChI is InChI=1S/C32H33ClFN3O6/c1-39-23-8-4-20(5-9-23)19-42-14-15-43-28-12-7-22(17-30(28)41-3)32(38)36-18-26(35)27-11-13-29(40-2)31(37-27)21-6-10-25(34)24(33)16-21/h4-13,16-17,26H,14-15,18-19,35H2,1-3H3,(H,36,38). The molecule has 1 atom stereocenters. The van der Waals surface area contributed by atoms with Gasteiger partial charge in [0.1, 0.15) is 29.6 Å². The van der Waals surface area contributed by atoms with Gasteiger partial charge in [0.15, 0.2) is 11.5 Å². The summed E-state index contributed by atoms with van der Waals surface area (Å²) in [6.07, 6.45) is 0. The molecule has 0 aliphatic carbocycles. The number of amides is 1. The molecule has 0 aliphatic heterocycles. The molecule has 1 aromatic heterocycles. The van der Waals surface area contributed by atoms with E-state index in [1.165, 1.54) is 26.4 Å². The van der Waals surface area contributed by atoms with Crippen LogP contribution in [0.3, 0.4) is 0 Å². The maximum Gasteiger partial charge on any atom is 0.251 e. The first-order valence-corrected chi connectivity index (χ1v) is 13.8. The number of hydrogen-bond acceptors (Lipinski definition) is 8. The van der Waals surface area contributed by atoms with E-state index < -0.39 is 11.9 Å². The minimum atomic E-state index is -0.632. The van der Waals surface area contributed by atoms with Gasteiger partial charge in [-0.1, -0.05) is 23.7 Å². The number of rotatable bonds is 14. The van der Waals surface area contributed by atoms with Crippen molar-refractivity contribution in [2.24, 2.45) is 5.73 Å².